The Kier molecular flexibility index (Phi) is 3.43. The molecule has 2 aliphatic rings. The molecule has 2 unspecified atom stereocenters. The van der Waals surface area contributed by atoms with E-state index in [9.17, 15) is 9.18 Å². The van der Waals surface area contributed by atoms with E-state index >= 15 is 0 Å². The zero-order chi connectivity index (χ0) is 14.2. The van der Waals surface area contributed by atoms with Gasteiger partial charge in [-0.15, -0.1) is 0 Å². The second kappa shape index (κ2) is 5.10. The van der Waals surface area contributed by atoms with Crippen molar-refractivity contribution < 1.29 is 19.0 Å². The van der Waals surface area contributed by atoms with Crippen LogP contribution in [0, 0.1) is 5.82 Å². The summed E-state index contributed by atoms with van der Waals surface area (Å²) in [6, 6.07) is 2.99. The molecule has 0 aliphatic carbocycles. The van der Waals surface area contributed by atoms with Crippen LogP contribution >= 0.6 is 0 Å². The molecule has 108 valence electrons. The Morgan fingerprint density at radius 3 is 3.25 bits per heavy atom. The second-order valence-electron chi connectivity index (χ2n) is 5.62. The fourth-order valence-corrected chi connectivity index (χ4v) is 3.26. The van der Waals surface area contributed by atoms with Crippen molar-refractivity contribution in [1.29, 1.82) is 0 Å². The van der Waals surface area contributed by atoms with E-state index in [1.54, 1.807) is 12.3 Å². The molecule has 0 amide bonds. The Balaban J connectivity index is 1.68. The molecule has 0 aromatic carbocycles. The summed E-state index contributed by atoms with van der Waals surface area (Å²) in [5, 5.41) is 8.83. The number of ether oxygens (including phenoxy) is 1. The van der Waals surface area contributed by atoms with Crippen LogP contribution < -0.4 is 0 Å². The third-order valence-corrected chi connectivity index (χ3v) is 4.14. The smallest absolute Gasteiger partial charge is 0.317 e. The summed E-state index contributed by atoms with van der Waals surface area (Å²) in [4.78, 5) is 16.7. The van der Waals surface area contributed by atoms with Crippen LogP contribution in [0.15, 0.2) is 18.3 Å². The van der Waals surface area contributed by atoms with Gasteiger partial charge in [-0.2, -0.15) is 0 Å². The van der Waals surface area contributed by atoms with Gasteiger partial charge in [0.05, 0.1) is 24.4 Å². The Morgan fingerprint density at radius 1 is 1.65 bits per heavy atom. The van der Waals surface area contributed by atoms with Gasteiger partial charge in [-0.1, -0.05) is 0 Å². The zero-order valence-corrected chi connectivity index (χ0v) is 11.1. The van der Waals surface area contributed by atoms with E-state index in [-0.39, 0.29) is 23.9 Å². The monoisotopic (exact) mass is 280 g/mol. The molecule has 2 aliphatic heterocycles. The van der Waals surface area contributed by atoms with E-state index < -0.39 is 5.97 Å². The number of carboxylic acids is 1. The van der Waals surface area contributed by atoms with Crippen molar-refractivity contribution in [3.8, 4) is 0 Å². The van der Waals surface area contributed by atoms with Crippen molar-refractivity contribution in [3.63, 3.8) is 0 Å². The maximum absolute atomic E-state index is 13.8. The molecule has 2 saturated heterocycles. The van der Waals surface area contributed by atoms with Crippen LogP contribution in [-0.4, -0.2) is 52.8 Å². The third kappa shape index (κ3) is 2.53. The van der Waals surface area contributed by atoms with Crippen molar-refractivity contribution in [3.05, 3.63) is 29.8 Å². The van der Waals surface area contributed by atoms with Crippen LogP contribution in [0.5, 0.6) is 0 Å². The fraction of sp³-hybridized carbons (Fsp3) is 0.571. The number of hydrogen-bond acceptors (Lipinski definition) is 4. The normalized spacial score (nSPS) is 30.1. The summed E-state index contributed by atoms with van der Waals surface area (Å²) in [6.07, 6.45) is 3.09. The maximum atomic E-state index is 13.8. The molecule has 1 N–H and O–H groups in total. The lowest BCUT2D eigenvalue weighted by Crippen LogP contribution is -2.34. The highest BCUT2D eigenvalue weighted by atomic mass is 19.1. The van der Waals surface area contributed by atoms with Gasteiger partial charge in [0.2, 0.25) is 0 Å². The van der Waals surface area contributed by atoms with Crippen molar-refractivity contribution in [1.82, 2.24) is 9.88 Å². The molecule has 3 heterocycles. The summed E-state index contributed by atoms with van der Waals surface area (Å²) in [6.45, 7) is 1.80. The molecule has 2 fully saturated rings. The van der Waals surface area contributed by atoms with Gasteiger partial charge >= 0.3 is 5.97 Å². The topological polar surface area (TPSA) is 62.7 Å². The number of pyridine rings is 1. The molecule has 2 atom stereocenters. The van der Waals surface area contributed by atoms with Crippen LogP contribution in [0.4, 0.5) is 4.39 Å². The minimum Gasteiger partial charge on any atom is -0.480 e. The lowest BCUT2D eigenvalue weighted by atomic mass is 9.91. The number of aliphatic carboxylic acids is 1. The maximum Gasteiger partial charge on any atom is 0.317 e. The SMILES string of the molecule is O=C(O)CN1CCC2(CC(c3ncccc3F)CO2)C1. The Morgan fingerprint density at radius 2 is 2.50 bits per heavy atom. The number of carboxylic acid groups (broad SMARTS) is 1. The molecule has 0 bridgehead atoms. The molecular weight excluding hydrogens is 263 g/mol. The van der Waals surface area contributed by atoms with Gasteiger partial charge in [0.25, 0.3) is 0 Å². The van der Waals surface area contributed by atoms with Crippen LogP contribution in [0.25, 0.3) is 0 Å². The van der Waals surface area contributed by atoms with E-state index in [0.29, 0.717) is 31.8 Å². The largest absolute Gasteiger partial charge is 0.480 e. The first kappa shape index (κ1) is 13.5. The minimum absolute atomic E-state index is 0.0354. The second-order valence-corrected chi connectivity index (χ2v) is 5.62. The van der Waals surface area contributed by atoms with Crippen LogP contribution in [0.3, 0.4) is 0 Å². The molecule has 3 rings (SSSR count). The van der Waals surface area contributed by atoms with Gasteiger partial charge in [-0.05, 0) is 25.0 Å². The molecule has 0 saturated carbocycles. The number of hydrogen-bond donors (Lipinski definition) is 1. The molecular formula is C14H17FN2O3. The molecule has 5 nitrogen and oxygen atoms in total. The van der Waals surface area contributed by atoms with Crippen LogP contribution in [0.2, 0.25) is 0 Å². The third-order valence-electron chi connectivity index (χ3n) is 4.14. The first-order valence-electron chi connectivity index (χ1n) is 6.76. The lowest BCUT2D eigenvalue weighted by molar-refractivity contribution is -0.138. The van der Waals surface area contributed by atoms with E-state index in [4.69, 9.17) is 9.84 Å². The average molecular weight is 280 g/mol. The molecule has 0 radical (unpaired) electrons. The summed E-state index contributed by atoms with van der Waals surface area (Å²) in [7, 11) is 0. The molecule has 20 heavy (non-hydrogen) atoms. The number of likely N-dealkylation sites (tertiary alicyclic amines) is 1. The van der Waals surface area contributed by atoms with E-state index in [1.165, 1.54) is 6.07 Å². The quantitative estimate of drug-likeness (QED) is 0.903. The highest BCUT2D eigenvalue weighted by Gasteiger charge is 2.46. The number of nitrogens with zero attached hydrogens (tertiary/aromatic N) is 2. The Labute approximate surface area is 116 Å². The molecule has 1 aromatic heterocycles. The van der Waals surface area contributed by atoms with Gasteiger partial charge in [0, 0.05) is 25.2 Å². The molecule has 1 spiro atoms. The molecule has 6 heteroatoms. The van der Waals surface area contributed by atoms with Crippen molar-refractivity contribution in [2.45, 2.75) is 24.4 Å². The minimum atomic E-state index is -0.827. The van der Waals surface area contributed by atoms with Gasteiger partial charge in [0.1, 0.15) is 5.82 Å². The van der Waals surface area contributed by atoms with Crippen molar-refractivity contribution in [2.75, 3.05) is 26.2 Å². The predicted octanol–water partition coefficient (Wildman–Crippen LogP) is 1.25. The van der Waals surface area contributed by atoms with Gasteiger partial charge < -0.3 is 9.84 Å². The standard InChI is InChI=1S/C14H17FN2O3/c15-11-2-1-4-16-13(11)10-6-14(20-8-10)3-5-17(9-14)7-12(18)19/h1-2,4,10H,3,5-9H2,(H,18,19). The first-order chi connectivity index (χ1) is 9.58. The van der Waals surface area contributed by atoms with E-state index in [2.05, 4.69) is 4.98 Å². The zero-order valence-electron chi connectivity index (χ0n) is 11.1. The Bertz CT molecular complexity index is 525. The van der Waals surface area contributed by atoms with Gasteiger partial charge in [-0.3, -0.25) is 14.7 Å². The first-order valence-corrected chi connectivity index (χ1v) is 6.76. The Hall–Kier alpha value is -1.53. The number of carbonyl (C=O) groups is 1. The van der Waals surface area contributed by atoms with E-state index in [0.717, 1.165) is 6.42 Å². The fourth-order valence-electron chi connectivity index (χ4n) is 3.26. The summed E-state index contributed by atoms with van der Waals surface area (Å²) in [5.41, 5.74) is 0.130. The summed E-state index contributed by atoms with van der Waals surface area (Å²) >= 11 is 0. The van der Waals surface area contributed by atoms with Crippen LogP contribution in [0.1, 0.15) is 24.5 Å². The highest BCUT2D eigenvalue weighted by molar-refractivity contribution is 5.69. The van der Waals surface area contributed by atoms with Crippen LogP contribution in [-0.2, 0) is 9.53 Å². The van der Waals surface area contributed by atoms with Gasteiger partial charge in [0.15, 0.2) is 0 Å². The van der Waals surface area contributed by atoms with Gasteiger partial charge in [-0.25, -0.2) is 4.39 Å². The summed E-state index contributed by atoms with van der Waals surface area (Å²) in [5.74, 6) is -1.16. The van der Waals surface area contributed by atoms with Crippen molar-refractivity contribution in [2.24, 2.45) is 0 Å². The average Bonchev–Trinajstić information content (AvgIpc) is 2.98. The predicted molar refractivity (Wildman–Crippen MR) is 68.9 cm³/mol. The summed E-state index contributed by atoms with van der Waals surface area (Å²) < 4.78 is 19.7. The lowest BCUT2D eigenvalue weighted by Gasteiger charge is -2.22. The molecule has 1 aromatic rings. The van der Waals surface area contributed by atoms with Crippen molar-refractivity contribution >= 4 is 5.97 Å². The number of rotatable bonds is 3. The number of aromatic nitrogens is 1. The van der Waals surface area contributed by atoms with E-state index in [1.807, 2.05) is 4.90 Å². The number of halogens is 1. The highest BCUT2D eigenvalue weighted by Crippen LogP contribution is 2.41.